The minimum absolute atomic E-state index is 0.0256. The molecule has 0 aliphatic rings. The van der Waals surface area contributed by atoms with Gasteiger partial charge >= 0.3 is 0 Å². The van der Waals surface area contributed by atoms with Crippen LogP contribution in [0.2, 0.25) is 0 Å². The van der Waals surface area contributed by atoms with Gasteiger partial charge in [0.05, 0.1) is 6.26 Å². The van der Waals surface area contributed by atoms with Crippen molar-refractivity contribution in [3.8, 4) is 0 Å². The molecule has 0 radical (unpaired) electrons. The van der Waals surface area contributed by atoms with Gasteiger partial charge in [0, 0.05) is 10.2 Å². The van der Waals surface area contributed by atoms with Crippen LogP contribution in [0.15, 0.2) is 45.5 Å². The number of hydrogen-bond donors (Lipinski definition) is 2. The second kappa shape index (κ2) is 6.54. The van der Waals surface area contributed by atoms with Crippen LogP contribution in [0.25, 0.3) is 0 Å². The molecule has 2 rings (SSSR count). The molecule has 0 atom stereocenters. The Hall–Kier alpha value is -1.59. The highest BCUT2D eigenvalue weighted by atomic mass is 79.9. The monoisotopic (exact) mass is 323 g/mol. The predicted octanol–water partition coefficient (Wildman–Crippen LogP) is 2.05. The molecule has 19 heavy (non-hydrogen) atoms. The summed E-state index contributed by atoms with van der Waals surface area (Å²) in [7, 11) is 0. The molecule has 5 heteroatoms. The van der Waals surface area contributed by atoms with Gasteiger partial charge in [0.1, 0.15) is 6.54 Å². The molecule has 0 saturated carbocycles. The number of amides is 1. The molecule has 0 bridgehead atoms. The van der Waals surface area contributed by atoms with Crippen molar-refractivity contribution in [3.05, 3.63) is 52.4 Å². The number of nitrogens with two attached hydrogens (primary N) is 1. The van der Waals surface area contributed by atoms with Gasteiger partial charge in [0.25, 0.3) is 5.91 Å². The lowest BCUT2D eigenvalue weighted by Gasteiger charge is -2.06. The van der Waals surface area contributed by atoms with Gasteiger partial charge in [0.15, 0.2) is 12.3 Å². The van der Waals surface area contributed by atoms with E-state index in [1.165, 1.54) is 0 Å². The number of furan rings is 1. The third-order valence-electron chi connectivity index (χ3n) is 2.71. The average molecular weight is 324 g/mol. The Morgan fingerprint density at radius 1 is 1.42 bits per heavy atom. The van der Waals surface area contributed by atoms with E-state index in [9.17, 15) is 4.79 Å². The summed E-state index contributed by atoms with van der Waals surface area (Å²) in [4.78, 5) is 11.7. The van der Waals surface area contributed by atoms with Gasteiger partial charge in [0.2, 0.25) is 0 Å². The number of quaternary nitrogens is 1. The maximum absolute atomic E-state index is 11.7. The summed E-state index contributed by atoms with van der Waals surface area (Å²) in [5.74, 6) is 0.841. The molecule has 1 aromatic heterocycles. The summed E-state index contributed by atoms with van der Waals surface area (Å²) in [5.41, 5.74) is 1.94. The number of nitrogens with one attached hydrogen (secondary N) is 1. The van der Waals surface area contributed by atoms with Crippen molar-refractivity contribution in [2.45, 2.75) is 13.5 Å². The fourth-order valence-corrected chi connectivity index (χ4v) is 2.04. The summed E-state index contributed by atoms with van der Waals surface area (Å²) in [6.07, 6.45) is 1.63. The van der Waals surface area contributed by atoms with Gasteiger partial charge in [-0.15, -0.1) is 0 Å². The molecule has 100 valence electrons. The first-order chi connectivity index (χ1) is 9.15. The van der Waals surface area contributed by atoms with Gasteiger partial charge in [-0.25, -0.2) is 0 Å². The topological polar surface area (TPSA) is 58.9 Å². The summed E-state index contributed by atoms with van der Waals surface area (Å²) < 4.78 is 6.18. The Morgan fingerprint density at radius 3 is 2.95 bits per heavy atom. The van der Waals surface area contributed by atoms with Crippen LogP contribution in [0.5, 0.6) is 0 Å². The van der Waals surface area contributed by atoms with Crippen LogP contribution in [-0.4, -0.2) is 12.5 Å². The van der Waals surface area contributed by atoms with Gasteiger partial charge < -0.3 is 15.1 Å². The van der Waals surface area contributed by atoms with Crippen molar-refractivity contribution < 1.29 is 14.5 Å². The van der Waals surface area contributed by atoms with Crippen LogP contribution in [0, 0.1) is 6.92 Å². The van der Waals surface area contributed by atoms with E-state index in [0.717, 1.165) is 21.5 Å². The van der Waals surface area contributed by atoms with Crippen molar-refractivity contribution >= 4 is 27.5 Å². The Morgan fingerprint density at radius 2 is 2.26 bits per heavy atom. The third-order valence-corrected chi connectivity index (χ3v) is 3.57. The minimum atomic E-state index is -0.0256. The summed E-state index contributed by atoms with van der Waals surface area (Å²) in [6, 6.07) is 9.50. The average Bonchev–Trinajstić information content (AvgIpc) is 2.87. The maximum Gasteiger partial charge on any atom is 0.279 e. The fourth-order valence-electron chi connectivity index (χ4n) is 1.66. The molecule has 0 unspecified atom stereocenters. The normalized spacial score (nSPS) is 10.4. The smallest absolute Gasteiger partial charge is 0.279 e. The molecule has 3 N–H and O–H groups in total. The van der Waals surface area contributed by atoms with E-state index in [-0.39, 0.29) is 5.91 Å². The lowest BCUT2D eigenvalue weighted by atomic mass is 10.2. The highest BCUT2D eigenvalue weighted by Crippen LogP contribution is 2.20. The first kappa shape index (κ1) is 13.8. The van der Waals surface area contributed by atoms with Gasteiger partial charge in [-0.2, -0.15) is 0 Å². The van der Waals surface area contributed by atoms with E-state index in [1.54, 1.807) is 6.26 Å². The van der Waals surface area contributed by atoms with Crippen molar-refractivity contribution in [3.63, 3.8) is 0 Å². The number of aryl methyl sites for hydroxylation is 1. The van der Waals surface area contributed by atoms with Gasteiger partial charge in [-0.1, -0.05) is 22.0 Å². The molecule has 0 fully saturated rings. The molecule has 0 saturated heterocycles. The molecular weight excluding hydrogens is 308 g/mol. The molecule has 4 nitrogen and oxygen atoms in total. The summed E-state index contributed by atoms with van der Waals surface area (Å²) in [5, 5.41) is 4.76. The number of anilines is 1. The van der Waals surface area contributed by atoms with E-state index in [0.29, 0.717) is 13.1 Å². The van der Waals surface area contributed by atoms with E-state index in [2.05, 4.69) is 21.2 Å². The number of hydrogen-bond acceptors (Lipinski definition) is 2. The first-order valence-corrected chi connectivity index (χ1v) is 6.84. The third kappa shape index (κ3) is 4.22. The van der Waals surface area contributed by atoms with Crippen molar-refractivity contribution in [1.29, 1.82) is 0 Å². The van der Waals surface area contributed by atoms with Crippen LogP contribution in [0.1, 0.15) is 11.3 Å². The number of rotatable bonds is 5. The molecule has 1 heterocycles. The van der Waals surface area contributed by atoms with Crippen molar-refractivity contribution in [1.82, 2.24) is 0 Å². The largest absolute Gasteiger partial charge is 0.463 e. The standard InChI is InChI=1S/C14H15BrN2O2/c1-10-4-5-11(7-13(10)15)17-14(18)9-16-8-12-3-2-6-19-12/h2-7,16H,8-9H2,1H3,(H,17,18)/p+1. The van der Waals surface area contributed by atoms with Crippen LogP contribution >= 0.6 is 15.9 Å². The van der Waals surface area contributed by atoms with Crippen LogP contribution < -0.4 is 10.6 Å². The minimum Gasteiger partial charge on any atom is -0.463 e. The zero-order valence-electron chi connectivity index (χ0n) is 10.7. The highest BCUT2D eigenvalue weighted by molar-refractivity contribution is 9.10. The Kier molecular flexibility index (Phi) is 4.76. The summed E-state index contributed by atoms with van der Waals surface area (Å²) in [6.45, 7) is 3.04. The zero-order valence-corrected chi connectivity index (χ0v) is 12.2. The molecule has 1 aromatic carbocycles. The first-order valence-electron chi connectivity index (χ1n) is 6.05. The van der Waals surface area contributed by atoms with E-state index in [1.807, 2.05) is 42.6 Å². The predicted molar refractivity (Wildman–Crippen MR) is 76.7 cm³/mol. The zero-order chi connectivity index (χ0) is 13.7. The molecule has 2 aromatic rings. The van der Waals surface area contributed by atoms with Crippen LogP contribution in [0.4, 0.5) is 5.69 Å². The van der Waals surface area contributed by atoms with E-state index in [4.69, 9.17) is 4.42 Å². The van der Waals surface area contributed by atoms with Gasteiger partial charge in [-0.3, -0.25) is 4.79 Å². The van der Waals surface area contributed by atoms with Gasteiger partial charge in [-0.05, 0) is 36.8 Å². The molecule has 0 aliphatic carbocycles. The number of carbonyl (C=O) groups excluding carboxylic acids is 1. The fraction of sp³-hybridized carbons (Fsp3) is 0.214. The molecule has 1 amide bonds. The molecule has 0 spiro atoms. The molecule has 0 aliphatic heterocycles. The second-order valence-electron chi connectivity index (χ2n) is 4.29. The Balaban J connectivity index is 1.79. The quantitative estimate of drug-likeness (QED) is 0.884. The Bertz CT molecular complexity index is 553. The lowest BCUT2D eigenvalue weighted by Crippen LogP contribution is -2.84. The van der Waals surface area contributed by atoms with E-state index >= 15 is 0 Å². The van der Waals surface area contributed by atoms with Crippen LogP contribution in [-0.2, 0) is 11.3 Å². The second-order valence-corrected chi connectivity index (χ2v) is 5.14. The lowest BCUT2D eigenvalue weighted by molar-refractivity contribution is -0.661. The van der Waals surface area contributed by atoms with E-state index < -0.39 is 0 Å². The number of benzene rings is 1. The highest BCUT2D eigenvalue weighted by Gasteiger charge is 2.06. The number of halogens is 1. The van der Waals surface area contributed by atoms with Crippen molar-refractivity contribution in [2.75, 3.05) is 11.9 Å². The van der Waals surface area contributed by atoms with Crippen LogP contribution in [0.3, 0.4) is 0 Å². The SMILES string of the molecule is Cc1ccc(NC(=O)C[NH2+]Cc2ccco2)cc1Br. The Labute approximate surface area is 120 Å². The summed E-state index contributed by atoms with van der Waals surface area (Å²) >= 11 is 3.44. The van der Waals surface area contributed by atoms with Crippen molar-refractivity contribution in [2.24, 2.45) is 0 Å². The molecular formula is C14H16BrN2O2+. The number of carbonyl (C=O) groups is 1. The maximum atomic E-state index is 11.7.